The van der Waals surface area contributed by atoms with E-state index in [0.29, 0.717) is 12.3 Å². The Morgan fingerprint density at radius 2 is 1.69 bits per heavy atom. The minimum absolute atomic E-state index is 0.310. The molecular weight excluding hydrogens is 162 g/mol. The van der Waals surface area contributed by atoms with E-state index in [2.05, 4.69) is 41.7 Å². The van der Waals surface area contributed by atoms with Crippen molar-refractivity contribution in [1.82, 2.24) is 0 Å². The van der Waals surface area contributed by atoms with Crippen LogP contribution in [0.4, 0.5) is 0 Å². The van der Waals surface area contributed by atoms with Crippen molar-refractivity contribution in [1.29, 1.82) is 0 Å². The van der Waals surface area contributed by atoms with Gasteiger partial charge >= 0.3 is 0 Å². The van der Waals surface area contributed by atoms with E-state index in [-0.39, 0.29) is 0 Å². The van der Waals surface area contributed by atoms with Crippen LogP contribution in [0.2, 0.25) is 0 Å². The van der Waals surface area contributed by atoms with Crippen LogP contribution in [0.5, 0.6) is 0 Å². The van der Waals surface area contributed by atoms with Gasteiger partial charge in [0.2, 0.25) is 0 Å². The van der Waals surface area contributed by atoms with Gasteiger partial charge in [-0.25, -0.2) is 0 Å². The lowest BCUT2D eigenvalue weighted by molar-refractivity contribution is -0.952. The maximum atomic E-state index is 5.83. The number of rotatable bonds is 6. The van der Waals surface area contributed by atoms with Gasteiger partial charge in [-0.1, -0.05) is 6.92 Å². The van der Waals surface area contributed by atoms with Gasteiger partial charge in [0, 0.05) is 6.92 Å². The average molecular weight is 188 g/mol. The molecule has 0 heterocycles. The first-order valence-corrected chi connectivity index (χ1v) is 5.46. The average Bonchev–Trinajstić information content (AvgIpc) is 2.03. The molecule has 80 valence electrons. The summed E-state index contributed by atoms with van der Waals surface area (Å²) in [5.41, 5.74) is 0. The summed E-state index contributed by atoms with van der Waals surface area (Å²) in [6.45, 7) is 13.2. The summed E-state index contributed by atoms with van der Waals surface area (Å²) in [4.78, 5) is 0. The molecular formula is C11H26NO+. The lowest BCUT2D eigenvalue weighted by atomic mass is 10.3. The molecule has 2 atom stereocenters. The molecule has 0 saturated carbocycles. The number of quaternary nitrogens is 1. The van der Waals surface area contributed by atoms with Crippen LogP contribution < -0.4 is 0 Å². The van der Waals surface area contributed by atoms with Crippen molar-refractivity contribution >= 4 is 0 Å². The van der Waals surface area contributed by atoms with Crippen LogP contribution in [0.1, 0.15) is 41.0 Å². The Hall–Kier alpha value is -0.0800. The van der Waals surface area contributed by atoms with Gasteiger partial charge in [0.15, 0.2) is 6.23 Å². The lowest BCUT2D eigenvalue weighted by Gasteiger charge is -2.39. The molecule has 13 heavy (non-hydrogen) atoms. The molecule has 0 aromatic carbocycles. The summed E-state index contributed by atoms with van der Waals surface area (Å²) in [6.07, 6.45) is 1.86. The quantitative estimate of drug-likeness (QED) is 0.460. The summed E-state index contributed by atoms with van der Waals surface area (Å²) in [5, 5.41) is 0. The molecule has 0 aliphatic heterocycles. The predicted molar refractivity (Wildman–Crippen MR) is 57.6 cm³/mol. The molecule has 0 rings (SSSR count). The Morgan fingerprint density at radius 3 is 2.00 bits per heavy atom. The fourth-order valence-corrected chi connectivity index (χ4v) is 1.65. The maximum absolute atomic E-state index is 5.83. The summed E-state index contributed by atoms with van der Waals surface area (Å²) in [7, 11) is 2.27. The van der Waals surface area contributed by atoms with Gasteiger partial charge in [0.1, 0.15) is 0 Å². The van der Waals surface area contributed by atoms with Crippen LogP contribution in [0.15, 0.2) is 0 Å². The first-order chi connectivity index (χ1) is 5.96. The number of ether oxygens (including phenoxy) is 1. The normalized spacial score (nSPS) is 18.7. The third-order valence-corrected chi connectivity index (χ3v) is 2.80. The van der Waals surface area contributed by atoms with Crippen LogP contribution in [0.25, 0.3) is 0 Å². The highest BCUT2D eigenvalue weighted by Crippen LogP contribution is 2.13. The molecule has 0 fully saturated rings. The van der Waals surface area contributed by atoms with E-state index in [4.69, 9.17) is 4.74 Å². The second-order valence-electron chi connectivity index (χ2n) is 4.30. The second kappa shape index (κ2) is 5.61. The van der Waals surface area contributed by atoms with Gasteiger partial charge in [-0.3, -0.25) is 0 Å². The minimum Gasteiger partial charge on any atom is -0.327 e. The Kier molecular flexibility index (Phi) is 5.57. The SMILES string of the molecule is CCC[N+](C)(CC)C(C)OC(C)C. The van der Waals surface area contributed by atoms with Crippen molar-refractivity contribution < 1.29 is 9.22 Å². The molecule has 0 aliphatic rings. The molecule has 0 radical (unpaired) electrons. The zero-order valence-corrected chi connectivity index (χ0v) is 10.1. The summed E-state index contributed by atoms with van der Waals surface area (Å²) in [6, 6.07) is 0. The molecule has 2 heteroatoms. The largest absolute Gasteiger partial charge is 0.327 e. The monoisotopic (exact) mass is 188 g/mol. The first kappa shape index (κ1) is 12.9. The van der Waals surface area contributed by atoms with Crippen LogP contribution in [0, 0.1) is 0 Å². The Bertz CT molecular complexity index is 136. The topological polar surface area (TPSA) is 9.23 Å². The fourth-order valence-electron chi connectivity index (χ4n) is 1.65. The summed E-state index contributed by atoms with van der Waals surface area (Å²) >= 11 is 0. The summed E-state index contributed by atoms with van der Waals surface area (Å²) in [5.74, 6) is 0. The van der Waals surface area contributed by atoms with Crippen molar-refractivity contribution in [2.24, 2.45) is 0 Å². The van der Waals surface area contributed by atoms with Gasteiger partial charge in [-0.15, -0.1) is 0 Å². The molecule has 0 saturated heterocycles. The fraction of sp³-hybridized carbons (Fsp3) is 1.00. The summed E-state index contributed by atoms with van der Waals surface area (Å²) < 4.78 is 6.85. The first-order valence-electron chi connectivity index (χ1n) is 5.46. The van der Waals surface area contributed by atoms with Gasteiger partial charge < -0.3 is 9.22 Å². The minimum atomic E-state index is 0.310. The van der Waals surface area contributed by atoms with Gasteiger partial charge in [0.25, 0.3) is 0 Å². The highest BCUT2D eigenvalue weighted by Gasteiger charge is 2.27. The molecule has 0 aromatic rings. The molecule has 2 unspecified atom stereocenters. The molecule has 0 bridgehead atoms. The van der Waals surface area contributed by atoms with E-state index in [1.165, 1.54) is 13.0 Å². The van der Waals surface area contributed by atoms with Gasteiger partial charge in [0.05, 0.1) is 26.2 Å². The highest BCUT2D eigenvalue weighted by molar-refractivity contribution is 4.43. The third-order valence-electron chi connectivity index (χ3n) is 2.80. The van der Waals surface area contributed by atoms with Gasteiger partial charge in [-0.05, 0) is 27.2 Å². The van der Waals surface area contributed by atoms with Crippen molar-refractivity contribution in [2.75, 3.05) is 20.1 Å². The van der Waals surface area contributed by atoms with E-state index < -0.39 is 0 Å². The van der Waals surface area contributed by atoms with Crippen LogP contribution in [0.3, 0.4) is 0 Å². The van der Waals surface area contributed by atoms with Crippen LogP contribution in [-0.2, 0) is 4.74 Å². The van der Waals surface area contributed by atoms with Crippen molar-refractivity contribution in [2.45, 2.75) is 53.4 Å². The zero-order valence-electron chi connectivity index (χ0n) is 10.1. The number of nitrogens with zero attached hydrogens (tertiary/aromatic N) is 1. The molecule has 0 spiro atoms. The molecule has 2 nitrogen and oxygen atoms in total. The zero-order chi connectivity index (χ0) is 10.5. The van der Waals surface area contributed by atoms with E-state index in [1.54, 1.807) is 0 Å². The predicted octanol–water partition coefficient (Wildman–Crippen LogP) is 2.63. The van der Waals surface area contributed by atoms with Crippen LogP contribution in [-0.4, -0.2) is 37.0 Å². The smallest absolute Gasteiger partial charge is 0.190 e. The van der Waals surface area contributed by atoms with Gasteiger partial charge in [-0.2, -0.15) is 0 Å². The Labute approximate surface area is 83.5 Å². The second-order valence-corrected chi connectivity index (χ2v) is 4.30. The lowest BCUT2D eigenvalue weighted by Crippen LogP contribution is -2.53. The van der Waals surface area contributed by atoms with E-state index >= 15 is 0 Å². The highest BCUT2D eigenvalue weighted by atomic mass is 16.5. The number of hydrogen-bond acceptors (Lipinski definition) is 1. The molecule has 0 aromatic heterocycles. The van der Waals surface area contributed by atoms with Crippen LogP contribution >= 0.6 is 0 Å². The van der Waals surface area contributed by atoms with Crippen molar-refractivity contribution in [3.05, 3.63) is 0 Å². The number of hydrogen-bond donors (Lipinski definition) is 0. The Morgan fingerprint density at radius 1 is 1.15 bits per heavy atom. The third kappa shape index (κ3) is 4.10. The molecule has 0 aliphatic carbocycles. The Balaban J connectivity index is 4.19. The van der Waals surface area contributed by atoms with E-state index in [0.717, 1.165) is 11.0 Å². The standard InChI is InChI=1S/C11H26NO/c1-7-9-12(6,8-2)11(5)13-10(3)4/h10-11H,7-9H2,1-6H3/q+1. The van der Waals surface area contributed by atoms with E-state index in [1.807, 2.05) is 0 Å². The van der Waals surface area contributed by atoms with Crippen molar-refractivity contribution in [3.8, 4) is 0 Å². The molecule has 0 amide bonds. The maximum Gasteiger partial charge on any atom is 0.190 e. The molecule has 0 N–H and O–H groups in total. The van der Waals surface area contributed by atoms with Crippen molar-refractivity contribution in [3.63, 3.8) is 0 Å². The van der Waals surface area contributed by atoms with E-state index in [9.17, 15) is 0 Å².